The van der Waals surface area contributed by atoms with Crippen molar-refractivity contribution < 1.29 is 9.90 Å². The van der Waals surface area contributed by atoms with E-state index in [-0.39, 0.29) is 0 Å². The SMILES string of the molecule is CC1(C(=O)O)CCN(Cc2nccs2)CC1. The van der Waals surface area contributed by atoms with Crippen LogP contribution in [0.25, 0.3) is 0 Å². The zero-order valence-corrected chi connectivity index (χ0v) is 10.2. The van der Waals surface area contributed by atoms with Gasteiger partial charge in [-0.3, -0.25) is 9.69 Å². The van der Waals surface area contributed by atoms with Crippen LogP contribution in [0.3, 0.4) is 0 Å². The largest absolute Gasteiger partial charge is 0.481 e. The van der Waals surface area contributed by atoms with Crippen LogP contribution in [0, 0.1) is 5.41 Å². The highest BCUT2D eigenvalue weighted by Crippen LogP contribution is 2.31. The van der Waals surface area contributed by atoms with E-state index in [4.69, 9.17) is 5.11 Å². The van der Waals surface area contributed by atoms with E-state index >= 15 is 0 Å². The minimum absolute atomic E-state index is 0.528. The Kier molecular flexibility index (Phi) is 3.25. The minimum atomic E-state index is -0.665. The fraction of sp³-hybridized carbons (Fsp3) is 0.636. The molecule has 0 aliphatic carbocycles. The number of carboxylic acids is 1. The molecule has 5 heteroatoms. The highest BCUT2D eigenvalue weighted by Gasteiger charge is 2.36. The van der Waals surface area contributed by atoms with Gasteiger partial charge in [-0.15, -0.1) is 11.3 Å². The van der Waals surface area contributed by atoms with Crippen LogP contribution in [0.5, 0.6) is 0 Å². The zero-order chi connectivity index (χ0) is 11.6. The van der Waals surface area contributed by atoms with Gasteiger partial charge in [0.15, 0.2) is 0 Å². The lowest BCUT2D eigenvalue weighted by molar-refractivity contribution is -0.150. The Labute approximate surface area is 98.9 Å². The predicted molar refractivity (Wildman–Crippen MR) is 62.4 cm³/mol. The van der Waals surface area contributed by atoms with Crippen LogP contribution in [-0.4, -0.2) is 34.0 Å². The standard InChI is InChI=1S/C11H16N2O2S/c1-11(10(14)15)2-5-13(6-3-11)8-9-12-4-7-16-9/h4,7H,2-3,5-6,8H2,1H3,(H,14,15). The monoisotopic (exact) mass is 240 g/mol. The first-order valence-electron chi connectivity index (χ1n) is 5.44. The van der Waals surface area contributed by atoms with Crippen molar-refractivity contribution in [3.05, 3.63) is 16.6 Å². The average Bonchev–Trinajstić information content (AvgIpc) is 2.74. The summed E-state index contributed by atoms with van der Waals surface area (Å²) in [5.74, 6) is -0.665. The number of carboxylic acid groups (broad SMARTS) is 1. The lowest BCUT2D eigenvalue weighted by Gasteiger charge is -2.35. The third-order valence-electron chi connectivity index (χ3n) is 3.32. The summed E-state index contributed by atoms with van der Waals surface area (Å²) in [5.41, 5.74) is -0.528. The van der Waals surface area contributed by atoms with Gasteiger partial charge in [-0.1, -0.05) is 0 Å². The summed E-state index contributed by atoms with van der Waals surface area (Å²) < 4.78 is 0. The highest BCUT2D eigenvalue weighted by molar-refractivity contribution is 7.09. The number of aliphatic carboxylic acids is 1. The van der Waals surface area contributed by atoms with Crippen LogP contribution in [0.15, 0.2) is 11.6 Å². The molecule has 1 N–H and O–H groups in total. The molecule has 1 fully saturated rings. The molecule has 0 atom stereocenters. The quantitative estimate of drug-likeness (QED) is 0.875. The number of hydrogen-bond acceptors (Lipinski definition) is 4. The van der Waals surface area contributed by atoms with Crippen LogP contribution in [0.1, 0.15) is 24.8 Å². The first-order valence-corrected chi connectivity index (χ1v) is 6.32. The van der Waals surface area contributed by atoms with Gasteiger partial charge in [0.2, 0.25) is 0 Å². The summed E-state index contributed by atoms with van der Waals surface area (Å²) in [7, 11) is 0. The molecule has 1 saturated heterocycles. The van der Waals surface area contributed by atoms with Gasteiger partial charge in [-0.2, -0.15) is 0 Å². The molecule has 0 saturated carbocycles. The molecule has 2 heterocycles. The molecule has 0 bridgehead atoms. The van der Waals surface area contributed by atoms with E-state index in [1.54, 1.807) is 11.3 Å². The Morgan fingerprint density at radius 3 is 2.81 bits per heavy atom. The molecule has 0 radical (unpaired) electrons. The summed E-state index contributed by atoms with van der Waals surface area (Å²) in [6.07, 6.45) is 3.27. The Morgan fingerprint density at radius 2 is 2.31 bits per heavy atom. The maximum Gasteiger partial charge on any atom is 0.309 e. The number of rotatable bonds is 3. The third kappa shape index (κ3) is 2.41. The van der Waals surface area contributed by atoms with Gasteiger partial charge < -0.3 is 5.11 Å². The molecule has 0 unspecified atom stereocenters. The van der Waals surface area contributed by atoms with Crippen molar-refractivity contribution in [3.63, 3.8) is 0 Å². The summed E-state index contributed by atoms with van der Waals surface area (Å²) >= 11 is 1.65. The smallest absolute Gasteiger partial charge is 0.309 e. The van der Waals surface area contributed by atoms with Crippen LogP contribution in [-0.2, 0) is 11.3 Å². The molecule has 0 aromatic carbocycles. The molecule has 2 rings (SSSR count). The first-order chi connectivity index (χ1) is 7.60. The molecule has 0 amide bonds. The summed E-state index contributed by atoms with van der Waals surface area (Å²) in [6.45, 7) is 4.40. The number of aromatic nitrogens is 1. The molecule has 1 aromatic heterocycles. The molecule has 4 nitrogen and oxygen atoms in total. The minimum Gasteiger partial charge on any atom is -0.481 e. The van der Waals surface area contributed by atoms with E-state index in [2.05, 4.69) is 9.88 Å². The second kappa shape index (κ2) is 4.51. The average molecular weight is 240 g/mol. The highest BCUT2D eigenvalue weighted by atomic mass is 32.1. The number of nitrogens with zero attached hydrogens (tertiary/aromatic N) is 2. The van der Waals surface area contributed by atoms with Gasteiger partial charge in [0.25, 0.3) is 0 Å². The normalized spacial score (nSPS) is 20.8. The topological polar surface area (TPSA) is 53.4 Å². The summed E-state index contributed by atoms with van der Waals surface area (Å²) in [6, 6.07) is 0. The van der Waals surface area contributed by atoms with Crippen molar-refractivity contribution in [1.29, 1.82) is 0 Å². The van der Waals surface area contributed by atoms with Gasteiger partial charge in [-0.25, -0.2) is 4.98 Å². The Balaban J connectivity index is 1.88. The van der Waals surface area contributed by atoms with E-state index in [0.29, 0.717) is 0 Å². The van der Waals surface area contributed by atoms with Gasteiger partial charge in [0, 0.05) is 11.6 Å². The number of likely N-dealkylation sites (tertiary alicyclic amines) is 1. The molecule has 1 aromatic rings. The number of hydrogen-bond donors (Lipinski definition) is 1. The van der Waals surface area contributed by atoms with Crippen LogP contribution in [0.2, 0.25) is 0 Å². The predicted octanol–water partition coefficient (Wildman–Crippen LogP) is 1.83. The number of piperidine rings is 1. The maximum atomic E-state index is 11.1. The first kappa shape index (κ1) is 11.5. The van der Waals surface area contributed by atoms with Crippen molar-refractivity contribution in [2.45, 2.75) is 26.3 Å². The van der Waals surface area contributed by atoms with Crippen LogP contribution < -0.4 is 0 Å². The Hall–Kier alpha value is -0.940. The van der Waals surface area contributed by atoms with E-state index < -0.39 is 11.4 Å². The second-order valence-corrected chi connectivity index (χ2v) is 5.55. The molecular formula is C11H16N2O2S. The maximum absolute atomic E-state index is 11.1. The molecule has 88 valence electrons. The molecule has 16 heavy (non-hydrogen) atoms. The number of thiazole rings is 1. The lowest BCUT2D eigenvalue weighted by atomic mass is 9.80. The summed E-state index contributed by atoms with van der Waals surface area (Å²) in [5, 5.41) is 12.2. The molecular weight excluding hydrogens is 224 g/mol. The van der Waals surface area contributed by atoms with Crippen molar-refractivity contribution in [2.75, 3.05) is 13.1 Å². The van der Waals surface area contributed by atoms with Crippen molar-refractivity contribution >= 4 is 17.3 Å². The van der Waals surface area contributed by atoms with Gasteiger partial charge in [-0.05, 0) is 32.9 Å². The van der Waals surface area contributed by atoms with Crippen LogP contribution in [0.4, 0.5) is 0 Å². The second-order valence-electron chi connectivity index (χ2n) is 4.57. The fourth-order valence-corrected chi connectivity index (χ4v) is 2.60. The van der Waals surface area contributed by atoms with E-state index in [0.717, 1.165) is 37.5 Å². The number of carbonyl (C=O) groups is 1. The Morgan fingerprint density at radius 1 is 1.62 bits per heavy atom. The lowest BCUT2D eigenvalue weighted by Crippen LogP contribution is -2.42. The van der Waals surface area contributed by atoms with Crippen molar-refractivity contribution in [3.8, 4) is 0 Å². The fourth-order valence-electron chi connectivity index (χ4n) is 1.94. The molecule has 1 aliphatic heterocycles. The van der Waals surface area contributed by atoms with Crippen molar-refractivity contribution in [2.24, 2.45) is 5.41 Å². The summed E-state index contributed by atoms with van der Waals surface area (Å²) in [4.78, 5) is 17.6. The van der Waals surface area contributed by atoms with Gasteiger partial charge in [0.05, 0.1) is 12.0 Å². The van der Waals surface area contributed by atoms with Crippen LogP contribution >= 0.6 is 11.3 Å². The molecule has 1 aliphatic rings. The molecule has 0 spiro atoms. The third-order valence-corrected chi connectivity index (χ3v) is 4.08. The van der Waals surface area contributed by atoms with Crippen molar-refractivity contribution in [1.82, 2.24) is 9.88 Å². The van der Waals surface area contributed by atoms with E-state index in [9.17, 15) is 4.79 Å². The zero-order valence-electron chi connectivity index (χ0n) is 9.35. The van der Waals surface area contributed by atoms with E-state index in [1.165, 1.54) is 0 Å². The van der Waals surface area contributed by atoms with Gasteiger partial charge in [0.1, 0.15) is 5.01 Å². The Bertz CT molecular complexity index is 356. The van der Waals surface area contributed by atoms with E-state index in [1.807, 2.05) is 18.5 Å². The van der Waals surface area contributed by atoms with Gasteiger partial charge >= 0.3 is 5.97 Å².